The molecule has 2 heterocycles. The Bertz CT molecular complexity index is 1900. The van der Waals surface area contributed by atoms with Crippen LogP contribution in [0.2, 0.25) is 0 Å². The Hall–Kier alpha value is -5.79. The third-order valence-corrected chi connectivity index (χ3v) is 8.58. The second-order valence-corrected chi connectivity index (χ2v) is 15.3. The summed E-state index contributed by atoms with van der Waals surface area (Å²) in [4.78, 5) is 54.8. The highest BCUT2D eigenvalue weighted by Gasteiger charge is 2.34. The monoisotopic (exact) mass is 738 g/mol. The van der Waals surface area contributed by atoms with Crippen molar-refractivity contribution in [3.05, 3.63) is 83.9 Å². The van der Waals surface area contributed by atoms with Crippen molar-refractivity contribution in [2.75, 3.05) is 11.4 Å². The van der Waals surface area contributed by atoms with Crippen LogP contribution in [-0.2, 0) is 32.0 Å². The summed E-state index contributed by atoms with van der Waals surface area (Å²) in [5.41, 5.74) is 4.02. The number of fused-ring (bicyclic) bond motifs is 1. The molecule has 3 aromatic carbocycles. The summed E-state index contributed by atoms with van der Waals surface area (Å²) < 4.78 is 10.7. The fourth-order valence-corrected chi connectivity index (χ4v) is 6.16. The average molecular weight is 739 g/mol. The van der Waals surface area contributed by atoms with Crippen LogP contribution in [0.3, 0.4) is 0 Å². The number of hydrogen-bond donors (Lipinski definition) is 4. The highest BCUT2D eigenvalue weighted by Crippen LogP contribution is 2.32. The third-order valence-electron chi connectivity index (χ3n) is 8.58. The lowest BCUT2D eigenvalue weighted by atomic mass is 9.98. The topological polar surface area (TPSA) is 181 Å². The number of alkyl carbamates (subject to hydrolysis) is 2. The van der Waals surface area contributed by atoms with Crippen molar-refractivity contribution < 1.29 is 28.7 Å². The Morgan fingerprint density at radius 1 is 0.870 bits per heavy atom. The van der Waals surface area contributed by atoms with Crippen LogP contribution >= 0.6 is 0 Å². The molecule has 2 atom stereocenters. The summed E-state index contributed by atoms with van der Waals surface area (Å²) in [6.07, 6.45) is 0.968. The number of carbonyl (C=O) groups excluding carboxylic acids is 4. The Morgan fingerprint density at radius 3 is 2.22 bits per heavy atom. The van der Waals surface area contributed by atoms with E-state index in [-0.39, 0.29) is 18.9 Å². The first kappa shape index (κ1) is 39.4. The van der Waals surface area contributed by atoms with E-state index in [0.717, 1.165) is 33.5 Å². The molecule has 0 fully saturated rings. The van der Waals surface area contributed by atoms with Crippen molar-refractivity contribution in [1.82, 2.24) is 36.6 Å². The van der Waals surface area contributed by atoms with Crippen LogP contribution in [0.1, 0.15) is 78.4 Å². The standard InChI is InChI=1S/C40H50N8O6/c1-39(2,3)53-37(51)41-24-12-11-16-31(43-38(52)54-40(4,5)6)35(49)42-32-23-22-28-13-7-10-17-33(28)48(36(32)50)25-26-18-20-27(21-19-26)29-14-8-9-15-30(29)34-44-46-47-45-34/h7-10,13-15,17-21,31-32H,11-12,16,22-25H2,1-6H3,(H,41,51)(H,42,49)(H,43,52)(H,44,45,46,47)/t31-,32?/m0/s1. The summed E-state index contributed by atoms with van der Waals surface area (Å²) in [5.74, 6) is -0.250. The van der Waals surface area contributed by atoms with Gasteiger partial charge < -0.3 is 30.3 Å². The number of nitrogens with one attached hydrogen (secondary N) is 4. The van der Waals surface area contributed by atoms with Crippen molar-refractivity contribution in [3.8, 4) is 22.5 Å². The van der Waals surface area contributed by atoms with Gasteiger partial charge in [0.1, 0.15) is 23.3 Å². The molecule has 14 nitrogen and oxygen atoms in total. The van der Waals surface area contributed by atoms with E-state index < -0.39 is 41.4 Å². The molecular weight excluding hydrogens is 688 g/mol. The molecule has 1 aliphatic rings. The van der Waals surface area contributed by atoms with Gasteiger partial charge in [-0.15, -0.1) is 10.2 Å². The van der Waals surface area contributed by atoms with Gasteiger partial charge in [0.25, 0.3) is 0 Å². The molecule has 1 aromatic heterocycles. The summed E-state index contributed by atoms with van der Waals surface area (Å²) >= 11 is 0. The van der Waals surface area contributed by atoms with E-state index in [1.54, 1.807) is 46.4 Å². The molecule has 0 radical (unpaired) electrons. The third kappa shape index (κ3) is 11.1. The number of benzene rings is 3. The van der Waals surface area contributed by atoms with Gasteiger partial charge >= 0.3 is 12.2 Å². The zero-order valence-corrected chi connectivity index (χ0v) is 31.8. The van der Waals surface area contributed by atoms with Crippen molar-refractivity contribution >= 4 is 29.7 Å². The molecule has 5 rings (SSSR count). The summed E-state index contributed by atoms with van der Waals surface area (Å²) in [6.45, 7) is 11.2. The van der Waals surface area contributed by atoms with Crippen molar-refractivity contribution in [2.24, 2.45) is 0 Å². The first-order valence-corrected chi connectivity index (χ1v) is 18.2. The minimum atomic E-state index is -0.976. The van der Waals surface area contributed by atoms with Crippen LogP contribution in [0.5, 0.6) is 0 Å². The molecule has 0 saturated heterocycles. The second-order valence-electron chi connectivity index (χ2n) is 15.3. The number of nitrogens with zero attached hydrogens (tertiary/aromatic N) is 4. The Morgan fingerprint density at radius 2 is 1.54 bits per heavy atom. The molecule has 4 N–H and O–H groups in total. The number of amides is 4. The molecule has 4 aromatic rings. The number of hydrogen-bond acceptors (Lipinski definition) is 9. The van der Waals surface area contributed by atoms with Gasteiger partial charge in [0, 0.05) is 17.8 Å². The zero-order valence-electron chi connectivity index (χ0n) is 31.8. The molecule has 0 aliphatic carbocycles. The number of unbranched alkanes of at least 4 members (excludes halogenated alkanes) is 1. The molecule has 4 amide bonds. The lowest BCUT2D eigenvalue weighted by Crippen LogP contribution is -2.54. The summed E-state index contributed by atoms with van der Waals surface area (Å²) in [6, 6.07) is 21.7. The van der Waals surface area contributed by atoms with Gasteiger partial charge in [-0.1, -0.05) is 66.7 Å². The normalized spacial score (nSPS) is 15.0. The van der Waals surface area contributed by atoms with Crippen LogP contribution in [0.25, 0.3) is 22.5 Å². The molecule has 0 bridgehead atoms. The van der Waals surface area contributed by atoms with E-state index in [1.807, 2.05) is 72.8 Å². The Balaban J connectivity index is 1.29. The number of aromatic amines is 1. The van der Waals surface area contributed by atoms with Crippen LogP contribution in [0.15, 0.2) is 72.8 Å². The highest BCUT2D eigenvalue weighted by molar-refractivity contribution is 6.01. The van der Waals surface area contributed by atoms with Gasteiger partial charge in [-0.3, -0.25) is 9.59 Å². The number of carbonyl (C=O) groups is 4. The van der Waals surface area contributed by atoms with E-state index in [9.17, 15) is 19.2 Å². The fraction of sp³-hybridized carbons (Fsp3) is 0.425. The zero-order chi connectivity index (χ0) is 38.9. The highest BCUT2D eigenvalue weighted by atomic mass is 16.6. The number of ether oxygens (including phenoxy) is 2. The molecule has 1 aliphatic heterocycles. The van der Waals surface area contributed by atoms with Gasteiger partial charge in [-0.25, -0.2) is 9.59 Å². The number of H-pyrrole nitrogens is 1. The van der Waals surface area contributed by atoms with E-state index in [0.29, 0.717) is 38.1 Å². The van der Waals surface area contributed by atoms with E-state index in [4.69, 9.17) is 9.47 Å². The second kappa shape index (κ2) is 17.4. The quantitative estimate of drug-likeness (QED) is 0.125. The lowest BCUT2D eigenvalue weighted by molar-refractivity contribution is -0.129. The molecule has 14 heteroatoms. The molecular formula is C40H50N8O6. The minimum absolute atomic E-state index is 0.252. The minimum Gasteiger partial charge on any atom is -0.444 e. The van der Waals surface area contributed by atoms with Crippen LogP contribution < -0.4 is 20.9 Å². The maximum atomic E-state index is 14.3. The Labute approximate surface area is 315 Å². The smallest absolute Gasteiger partial charge is 0.408 e. The summed E-state index contributed by atoms with van der Waals surface area (Å²) in [7, 11) is 0. The first-order chi connectivity index (χ1) is 25.7. The Kier molecular flexibility index (Phi) is 12.7. The van der Waals surface area contributed by atoms with Gasteiger partial charge in [-0.05, 0) is 107 Å². The van der Waals surface area contributed by atoms with E-state index in [2.05, 4.69) is 36.6 Å². The predicted octanol–water partition coefficient (Wildman–Crippen LogP) is 6.09. The lowest BCUT2D eigenvalue weighted by Gasteiger charge is -2.28. The maximum absolute atomic E-state index is 14.3. The largest absolute Gasteiger partial charge is 0.444 e. The van der Waals surface area contributed by atoms with E-state index in [1.165, 1.54) is 0 Å². The van der Waals surface area contributed by atoms with E-state index >= 15 is 0 Å². The average Bonchev–Trinajstić information content (AvgIpc) is 3.62. The van der Waals surface area contributed by atoms with Crippen molar-refractivity contribution in [3.63, 3.8) is 0 Å². The number of tetrazole rings is 1. The molecule has 0 saturated carbocycles. The summed E-state index contributed by atoms with van der Waals surface area (Å²) in [5, 5.41) is 22.9. The molecule has 54 heavy (non-hydrogen) atoms. The number of para-hydroxylation sites is 1. The number of rotatable bonds is 12. The van der Waals surface area contributed by atoms with Crippen LogP contribution in [0, 0.1) is 0 Å². The van der Waals surface area contributed by atoms with Crippen molar-refractivity contribution in [2.45, 2.75) is 103 Å². The first-order valence-electron chi connectivity index (χ1n) is 18.2. The van der Waals surface area contributed by atoms with Crippen molar-refractivity contribution in [1.29, 1.82) is 0 Å². The molecule has 286 valence electrons. The number of aromatic nitrogens is 4. The van der Waals surface area contributed by atoms with Crippen LogP contribution in [0.4, 0.5) is 15.3 Å². The van der Waals surface area contributed by atoms with Gasteiger partial charge in [-0.2, -0.15) is 5.21 Å². The molecule has 0 spiro atoms. The number of aryl methyl sites for hydroxylation is 1. The van der Waals surface area contributed by atoms with Gasteiger partial charge in [0.2, 0.25) is 17.6 Å². The predicted molar refractivity (Wildman–Crippen MR) is 204 cm³/mol. The molecule has 1 unspecified atom stereocenters. The maximum Gasteiger partial charge on any atom is 0.408 e. The number of anilines is 1. The van der Waals surface area contributed by atoms with Crippen LogP contribution in [-0.4, -0.2) is 74.5 Å². The SMILES string of the molecule is CC(C)(C)OC(=O)NCCCC[C@H](NC(=O)OC(C)(C)C)C(=O)NC1CCc2ccccc2N(Cc2ccc(-c3ccccc3-c3nn[nH]n3)cc2)C1=O. The van der Waals surface area contributed by atoms with Gasteiger partial charge in [0.05, 0.1) is 6.54 Å². The fourth-order valence-electron chi connectivity index (χ4n) is 6.16. The van der Waals surface area contributed by atoms with Gasteiger partial charge in [0.15, 0.2) is 0 Å².